The quantitative estimate of drug-likeness (QED) is 0.408. The maximum Gasteiger partial charge on any atom is 0.141 e. The molecule has 50 valence electrons. The van der Waals surface area contributed by atoms with Crippen molar-refractivity contribution in [3.05, 3.63) is 11.6 Å². The van der Waals surface area contributed by atoms with E-state index < -0.39 is 0 Å². The molecule has 2 heteroatoms. The van der Waals surface area contributed by atoms with Gasteiger partial charge < -0.3 is 10.1 Å². The van der Waals surface area contributed by atoms with Gasteiger partial charge in [-0.05, 0) is 25.5 Å². The van der Waals surface area contributed by atoms with Gasteiger partial charge in [-0.3, -0.25) is 0 Å². The number of allylic oxidation sites excluding steroid dienone is 1. The maximum absolute atomic E-state index is 10.3. The summed E-state index contributed by atoms with van der Waals surface area (Å²) in [6, 6.07) is 0.00926. The van der Waals surface area contributed by atoms with Crippen LogP contribution in [-0.2, 0) is 4.79 Å². The van der Waals surface area contributed by atoms with Crippen molar-refractivity contribution in [2.24, 2.45) is 0 Å². The molecule has 1 saturated heterocycles. The normalized spacial score (nSPS) is 31.2. The minimum atomic E-state index is 0.00926. The molecule has 2 nitrogen and oxygen atoms in total. The molecule has 1 aliphatic rings. The van der Waals surface area contributed by atoms with E-state index in [1.165, 1.54) is 5.57 Å². The summed E-state index contributed by atoms with van der Waals surface area (Å²) in [4.78, 5) is 10.3. The van der Waals surface area contributed by atoms with E-state index in [2.05, 4.69) is 5.32 Å². The molecule has 0 aromatic carbocycles. The van der Waals surface area contributed by atoms with Crippen molar-refractivity contribution in [1.82, 2.24) is 5.32 Å². The fourth-order valence-electron chi connectivity index (χ4n) is 1.12. The number of nitrogens with one attached hydrogen (secondary N) is 1. The molecule has 1 fully saturated rings. The first-order valence-corrected chi connectivity index (χ1v) is 3.22. The molecule has 0 radical (unpaired) electrons. The first-order chi connectivity index (χ1) is 4.38. The van der Waals surface area contributed by atoms with Crippen LogP contribution < -0.4 is 5.32 Å². The highest BCUT2D eigenvalue weighted by atomic mass is 16.1. The number of carbonyl (C=O) groups excluding carboxylic acids is 1. The second-order valence-corrected chi connectivity index (χ2v) is 2.18. The van der Waals surface area contributed by atoms with Gasteiger partial charge in [0.25, 0.3) is 0 Å². The number of hydrogen-bond donors (Lipinski definition) is 1. The van der Waals surface area contributed by atoms with Gasteiger partial charge in [0, 0.05) is 0 Å². The Kier molecular flexibility index (Phi) is 2.01. The number of rotatable bonds is 1. The molecule has 0 aromatic heterocycles. The van der Waals surface area contributed by atoms with Gasteiger partial charge in [0.05, 0.1) is 6.04 Å². The van der Waals surface area contributed by atoms with Crippen LogP contribution in [-0.4, -0.2) is 18.9 Å². The Labute approximate surface area is 54.9 Å². The lowest BCUT2D eigenvalue weighted by Gasteiger charge is -1.99. The van der Waals surface area contributed by atoms with Crippen molar-refractivity contribution in [3.63, 3.8) is 0 Å². The number of aldehydes is 1. The van der Waals surface area contributed by atoms with Crippen LogP contribution in [0.25, 0.3) is 0 Å². The summed E-state index contributed by atoms with van der Waals surface area (Å²) in [6.07, 6.45) is 4.00. The Balaban J connectivity index is 2.62. The third kappa shape index (κ3) is 1.19. The molecule has 9 heavy (non-hydrogen) atoms. The fourth-order valence-corrected chi connectivity index (χ4v) is 1.12. The molecule has 0 saturated carbocycles. The molecular weight excluding hydrogens is 114 g/mol. The van der Waals surface area contributed by atoms with Crippen LogP contribution in [0, 0.1) is 0 Å². The molecule has 0 amide bonds. The van der Waals surface area contributed by atoms with Gasteiger partial charge in [-0.15, -0.1) is 0 Å². The topological polar surface area (TPSA) is 29.1 Å². The van der Waals surface area contributed by atoms with Crippen LogP contribution in [0.5, 0.6) is 0 Å². The molecule has 0 spiro atoms. The molecular formula is C7H11NO. The third-order valence-electron chi connectivity index (χ3n) is 1.68. The highest BCUT2D eigenvalue weighted by molar-refractivity contribution is 5.64. The molecule has 0 aliphatic carbocycles. The second-order valence-electron chi connectivity index (χ2n) is 2.18. The van der Waals surface area contributed by atoms with Crippen LogP contribution in [0.3, 0.4) is 0 Å². The highest BCUT2D eigenvalue weighted by Crippen LogP contribution is 2.11. The van der Waals surface area contributed by atoms with Gasteiger partial charge in [0.2, 0.25) is 0 Å². The van der Waals surface area contributed by atoms with Gasteiger partial charge in [-0.2, -0.15) is 0 Å². The van der Waals surface area contributed by atoms with E-state index in [0.29, 0.717) is 0 Å². The van der Waals surface area contributed by atoms with E-state index in [-0.39, 0.29) is 6.04 Å². The Morgan fingerprint density at radius 1 is 1.78 bits per heavy atom. The van der Waals surface area contributed by atoms with Crippen LogP contribution in [0.1, 0.15) is 13.3 Å². The lowest BCUT2D eigenvalue weighted by molar-refractivity contribution is -0.108. The van der Waals surface area contributed by atoms with Crippen molar-refractivity contribution >= 4 is 6.29 Å². The second kappa shape index (κ2) is 2.78. The molecule has 1 aliphatic heterocycles. The Bertz CT molecular complexity index is 140. The Hall–Kier alpha value is -0.630. The number of carbonyl (C=O) groups is 1. The Morgan fingerprint density at radius 2 is 2.56 bits per heavy atom. The molecule has 1 unspecified atom stereocenters. The summed E-state index contributed by atoms with van der Waals surface area (Å²) < 4.78 is 0. The van der Waals surface area contributed by atoms with E-state index in [1.54, 1.807) is 0 Å². The van der Waals surface area contributed by atoms with Gasteiger partial charge >= 0.3 is 0 Å². The van der Waals surface area contributed by atoms with Crippen LogP contribution in [0.15, 0.2) is 11.6 Å². The monoisotopic (exact) mass is 125 g/mol. The molecule has 1 atom stereocenters. The van der Waals surface area contributed by atoms with Crippen LogP contribution in [0.4, 0.5) is 0 Å². The summed E-state index contributed by atoms with van der Waals surface area (Å²) in [6.45, 7) is 2.92. The number of hydrogen-bond acceptors (Lipinski definition) is 2. The molecule has 0 bridgehead atoms. The first kappa shape index (κ1) is 6.49. The molecule has 1 N–H and O–H groups in total. The lowest BCUT2D eigenvalue weighted by atomic mass is 10.1. The van der Waals surface area contributed by atoms with E-state index in [4.69, 9.17) is 0 Å². The average Bonchev–Trinajstić information content (AvgIpc) is 2.33. The van der Waals surface area contributed by atoms with Crippen molar-refractivity contribution < 1.29 is 4.79 Å². The van der Waals surface area contributed by atoms with Crippen molar-refractivity contribution in [3.8, 4) is 0 Å². The molecule has 1 rings (SSSR count). The molecule has 0 aromatic rings. The summed E-state index contributed by atoms with van der Waals surface area (Å²) in [5.74, 6) is 0. The van der Waals surface area contributed by atoms with Gasteiger partial charge in [-0.25, -0.2) is 0 Å². The van der Waals surface area contributed by atoms with E-state index >= 15 is 0 Å². The fraction of sp³-hybridized carbons (Fsp3) is 0.571. The standard InChI is InChI=1S/C7H11NO/c1-2-6-3-4-8-7(6)5-9/h2,5,7-8H,3-4H2,1H3/b6-2-. The van der Waals surface area contributed by atoms with E-state index in [1.807, 2.05) is 13.0 Å². The zero-order valence-corrected chi connectivity index (χ0v) is 5.55. The third-order valence-corrected chi connectivity index (χ3v) is 1.68. The average molecular weight is 125 g/mol. The predicted molar refractivity (Wildman–Crippen MR) is 36.2 cm³/mol. The van der Waals surface area contributed by atoms with Gasteiger partial charge in [0.15, 0.2) is 0 Å². The van der Waals surface area contributed by atoms with E-state index in [9.17, 15) is 4.79 Å². The molecule has 1 heterocycles. The summed E-state index contributed by atoms with van der Waals surface area (Å²) in [7, 11) is 0. The smallest absolute Gasteiger partial charge is 0.141 e. The minimum absolute atomic E-state index is 0.00926. The predicted octanol–water partition coefficient (Wildman–Crippen LogP) is 0.493. The lowest BCUT2D eigenvalue weighted by Crippen LogP contribution is -2.23. The zero-order chi connectivity index (χ0) is 6.69. The Morgan fingerprint density at radius 3 is 3.00 bits per heavy atom. The van der Waals surface area contributed by atoms with Gasteiger partial charge in [0.1, 0.15) is 6.29 Å². The van der Waals surface area contributed by atoms with Crippen molar-refractivity contribution in [1.29, 1.82) is 0 Å². The summed E-state index contributed by atoms with van der Waals surface area (Å²) in [5.41, 5.74) is 1.23. The SMILES string of the molecule is C/C=C1/CCNC1C=O. The summed E-state index contributed by atoms with van der Waals surface area (Å²) in [5, 5.41) is 3.07. The zero-order valence-electron chi connectivity index (χ0n) is 5.55. The summed E-state index contributed by atoms with van der Waals surface area (Å²) >= 11 is 0. The first-order valence-electron chi connectivity index (χ1n) is 3.22. The van der Waals surface area contributed by atoms with Crippen LogP contribution in [0.2, 0.25) is 0 Å². The largest absolute Gasteiger partial charge is 0.304 e. The van der Waals surface area contributed by atoms with Crippen LogP contribution >= 0.6 is 0 Å². The van der Waals surface area contributed by atoms with Gasteiger partial charge in [-0.1, -0.05) is 6.08 Å². The van der Waals surface area contributed by atoms with Crippen molar-refractivity contribution in [2.75, 3.05) is 6.54 Å². The highest BCUT2D eigenvalue weighted by Gasteiger charge is 2.17. The van der Waals surface area contributed by atoms with E-state index in [0.717, 1.165) is 19.3 Å². The van der Waals surface area contributed by atoms with Crippen molar-refractivity contribution in [2.45, 2.75) is 19.4 Å². The minimum Gasteiger partial charge on any atom is -0.304 e. The maximum atomic E-state index is 10.3.